The Morgan fingerprint density at radius 2 is 1.91 bits per heavy atom. The third kappa shape index (κ3) is 5.71. The number of fused-ring (bicyclic) bond motifs is 3. The molecule has 0 unspecified atom stereocenters. The molecule has 7 rings (SSSR count). The first kappa shape index (κ1) is 30.9. The van der Waals surface area contributed by atoms with Gasteiger partial charge in [-0.3, -0.25) is 4.79 Å². The first-order valence-corrected chi connectivity index (χ1v) is 16.6. The molecule has 46 heavy (non-hydrogen) atoms. The summed E-state index contributed by atoms with van der Waals surface area (Å²) in [6.45, 7) is 7.31. The third-order valence-electron chi connectivity index (χ3n) is 8.94. The monoisotopic (exact) mass is 649 g/mol. The number of para-hydroxylation sites is 1. The predicted octanol–water partition coefficient (Wildman–Crippen LogP) is 6.11. The third-order valence-corrected chi connectivity index (χ3v) is 10.1. The van der Waals surface area contributed by atoms with Crippen LogP contribution in [0.5, 0.6) is 11.8 Å². The Hall–Kier alpha value is -3.74. The summed E-state index contributed by atoms with van der Waals surface area (Å²) in [5.74, 6) is 0.588. The maximum atomic E-state index is 14.4. The summed E-state index contributed by atoms with van der Waals surface area (Å²) in [7, 11) is 1.63. The van der Waals surface area contributed by atoms with Crippen molar-refractivity contribution in [3.05, 3.63) is 58.2 Å². The van der Waals surface area contributed by atoms with Gasteiger partial charge in [-0.15, -0.1) is 11.3 Å². The van der Waals surface area contributed by atoms with Crippen molar-refractivity contribution in [3.8, 4) is 22.5 Å². The van der Waals surface area contributed by atoms with Crippen LogP contribution in [-0.2, 0) is 24.5 Å². The highest BCUT2D eigenvalue weighted by atomic mass is 32.1. The number of hydrogen-bond donors (Lipinski definition) is 0. The van der Waals surface area contributed by atoms with Crippen LogP contribution < -0.4 is 15.0 Å². The van der Waals surface area contributed by atoms with Gasteiger partial charge >= 0.3 is 12.0 Å². The van der Waals surface area contributed by atoms with Crippen LogP contribution in [0.2, 0.25) is 0 Å². The zero-order chi connectivity index (χ0) is 32.2. The lowest BCUT2D eigenvalue weighted by molar-refractivity contribution is -0.161. The molecule has 0 radical (unpaired) electrons. The summed E-state index contributed by atoms with van der Waals surface area (Å²) >= 11 is 1.30. The van der Waals surface area contributed by atoms with Crippen molar-refractivity contribution in [2.24, 2.45) is 0 Å². The first-order valence-electron chi connectivity index (χ1n) is 15.8. The number of nitrogens with zero attached hydrogens (tertiary/aromatic N) is 3. The Labute approximate surface area is 270 Å². The molecule has 2 bridgehead atoms. The summed E-state index contributed by atoms with van der Waals surface area (Å²) < 4.78 is 37.8. The maximum Gasteiger partial charge on any atom is 0.333 e. The average Bonchev–Trinajstić information content (AvgIpc) is 3.30. The molecule has 1 aromatic carbocycles. The molecule has 1 aliphatic carbocycles. The van der Waals surface area contributed by atoms with Gasteiger partial charge in [0.25, 0.3) is 5.56 Å². The molecule has 0 spiro atoms. The van der Waals surface area contributed by atoms with Gasteiger partial charge in [-0.1, -0.05) is 18.2 Å². The Morgan fingerprint density at radius 3 is 2.57 bits per heavy atom. The van der Waals surface area contributed by atoms with Crippen LogP contribution in [0.3, 0.4) is 0 Å². The molecule has 3 fully saturated rings. The van der Waals surface area contributed by atoms with E-state index in [0.717, 1.165) is 31.2 Å². The van der Waals surface area contributed by atoms with E-state index >= 15 is 0 Å². The number of aryl methyl sites for hydroxylation is 1. The molecule has 244 valence electrons. The van der Waals surface area contributed by atoms with Crippen LogP contribution in [-0.4, -0.2) is 58.1 Å². The highest BCUT2D eigenvalue weighted by Crippen LogP contribution is 2.48. The van der Waals surface area contributed by atoms with Gasteiger partial charge in [0, 0.05) is 5.56 Å². The second-order valence-electron chi connectivity index (χ2n) is 13.4. The fourth-order valence-corrected chi connectivity index (χ4v) is 7.73. The van der Waals surface area contributed by atoms with E-state index in [1.807, 2.05) is 52.0 Å². The molecule has 11 nitrogen and oxygen atoms in total. The second kappa shape index (κ2) is 11.8. The summed E-state index contributed by atoms with van der Waals surface area (Å²) in [6.07, 6.45) is 7.42. The predicted molar refractivity (Wildman–Crippen MR) is 170 cm³/mol. The molecular formula is C34H39N3O8S. The molecule has 0 N–H and O–H groups in total. The Balaban J connectivity index is 1.29. The number of esters is 1. The Morgan fingerprint density at radius 1 is 1.17 bits per heavy atom. The number of carbonyl (C=O) groups excluding carboxylic acids is 1. The summed E-state index contributed by atoms with van der Waals surface area (Å²) in [6, 6.07) is 7.72. The van der Waals surface area contributed by atoms with Crippen molar-refractivity contribution in [2.75, 3.05) is 13.7 Å². The molecule has 3 aromatic heterocycles. The van der Waals surface area contributed by atoms with Crippen LogP contribution in [0.25, 0.3) is 21.0 Å². The van der Waals surface area contributed by atoms with Crippen molar-refractivity contribution in [1.29, 1.82) is 0 Å². The minimum atomic E-state index is -1.22. The minimum Gasteiger partial charge on any atom is -0.496 e. The maximum absolute atomic E-state index is 14.4. The summed E-state index contributed by atoms with van der Waals surface area (Å²) in [5, 5.41) is 0.399. The van der Waals surface area contributed by atoms with E-state index in [4.69, 9.17) is 33.1 Å². The molecule has 2 saturated heterocycles. The highest BCUT2D eigenvalue weighted by molar-refractivity contribution is 7.22. The molecule has 4 aromatic rings. The standard InChI is InChI=1S/C34H39N3O8S/c1-19-26-29(46-27(19)28-35-14-15-41-28)36-32(37(30(26)38)34(12-13-34)31(39)45-33(2,3)4)42-18-25(23-8-6-7-9-24(23)40-5)44-22-16-20-10-11-21(17-22)43-20/h6-9,14-15,20-22,25H,10-13,16-18H2,1-5H3/t20-,21-,25+/m1/s1. The van der Waals surface area contributed by atoms with E-state index in [9.17, 15) is 9.59 Å². The Bertz CT molecular complexity index is 1790. The van der Waals surface area contributed by atoms with Crippen molar-refractivity contribution < 1.29 is 32.9 Å². The number of benzene rings is 1. The average molecular weight is 650 g/mol. The normalized spacial score (nSPS) is 22.5. The van der Waals surface area contributed by atoms with Gasteiger partial charge in [-0.25, -0.2) is 14.3 Å². The summed E-state index contributed by atoms with van der Waals surface area (Å²) in [4.78, 5) is 38.5. The van der Waals surface area contributed by atoms with E-state index in [-0.39, 0.29) is 36.5 Å². The minimum absolute atomic E-state index is 0.0257. The molecule has 2 aliphatic heterocycles. The van der Waals surface area contributed by atoms with Gasteiger partial charge < -0.3 is 28.1 Å². The number of thiophene rings is 1. The van der Waals surface area contributed by atoms with E-state index in [0.29, 0.717) is 45.1 Å². The molecule has 5 heterocycles. The summed E-state index contributed by atoms with van der Waals surface area (Å²) in [5.41, 5.74) is -0.823. The van der Waals surface area contributed by atoms with E-state index < -0.39 is 23.2 Å². The van der Waals surface area contributed by atoms with E-state index in [1.165, 1.54) is 22.2 Å². The quantitative estimate of drug-likeness (QED) is 0.186. The molecule has 0 amide bonds. The number of ether oxygens (including phenoxy) is 5. The highest BCUT2D eigenvalue weighted by Gasteiger charge is 2.57. The zero-order valence-corrected chi connectivity index (χ0v) is 27.6. The molecule has 3 atom stereocenters. The van der Waals surface area contributed by atoms with Crippen molar-refractivity contribution in [1.82, 2.24) is 14.5 Å². The first-order chi connectivity index (χ1) is 22.1. The van der Waals surface area contributed by atoms with Gasteiger partial charge in [0.1, 0.15) is 40.7 Å². The van der Waals surface area contributed by atoms with Crippen molar-refractivity contribution >= 4 is 27.5 Å². The SMILES string of the molecule is COc1ccccc1[C@H](COc1nc2sc(-c3ncco3)c(C)c2c(=O)n1C1(C(=O)OC(C)(C)C)CC1)OC1C[C@H]2CC[C@H](C1)O2. The lowest BCUT2D eigenvalue weighted by atomic mass is 10.0. The number of methoxy groups -OCH3 is 1. The van der Waals surface area contributed by atoms with Crippen LogP contribution in [0.15, 0.2) is 45.9 Å². The lowest BCUT2D eigenvalue weighted by Gasteiger charge is -2.32. The van der Waals surface area contributed by atoms with Crippen molar-refractivity contribution in [3.63, 3.8) is 0 Å². The van der Waals surface area contributed by atoms with Gasteiger partial charge in [-0.05, 0) is 77.8 Å². The fraction of sp³-hybridized carbons (Fsp3) is 0.529. The second-order valence-corrected chi connectivity index (χ2v) is 14.4. The molecular weight excluding hydrogens is 610 g/mol. The molecule has 1 saturated carbocycles. The number of rotatable bonds is 10. The Kier molecular flexibility index (Phi) is 7.93. The number of aromatic nitrogens is 3. The van der Waals surface area contributed by atoms with E-state index in [2.05, 4.69) is 4.98 Å². The van der Waals surface area contributed by atoms with Crippen LogP contribution in [0.4, 0.5) is 0 Å². The van der Waals surface area contributed by atoms with Crippen molar-refractivity contribution in [2.45, 2.75) is 102 Å². The van der Waals surface area contributed by atoms with Crippen LogP contribution >= 0.6 is 11.3 Å². The van der Waals surface area contributed by atoms with Crippen LogP contribution in [0.1, 0.15) is 76.5 Å². The molecule has 3 aliphatic rings. The zero-order valence-electron chi connectivity index (χ0n) is 26.7. The number of oxazole rings is 1. The lowest BCUT2D eigenvalue weighted by Crippen LogP contribution is -2.42. The fourth-order valence-electron chi connectivity index (χ4n) is 6.63. The van der Waals surface area contributed by atoms with Gasteiger partial charge in [0.15, 0.2) is 0 Å². The van der Waals surface area contributed by atoms with Gasteiger partial charge in [0.2, 0.25) is 5.89 Å². The smallest absolute Gasteiger partial charge is 0.333 e. The molecule has 12 heteroatoms. The topological polar surface area (TPSA) is 124 Å². The number of hydrogen-bond acceptors (Lipinski definition) is 11. The number of carbonyl (C=O) groups is 1. The van der Waals surface area contributed by atoms with Gasteiger partial charge in [0.05, 0.1) is 41.9 Å². The van der Waals surface area contributed by atoms with Crippen LogP contribution in [0, 0.1) is 6.92 Å². The largest absolute Gasteiger partial charge is 0.496 e. The van der Waals surface area contributed by atoms with E-state index in [1.54, 1.807) is 13.3 Å². The van der Waals surface area contributed by atoms with Gasteiger partial charge in [-0.2, -0.15) is 4.98 Å².